The number of amides is 1. The van der Waals surface area contributed by atoms with Gasteiger partial charge in [0.1, 0.15) is 5.60 Å². The summed E-state index contributed by atoms with van der Waals surface area (Å²) < 4.78 is 5.25. The van der Waals surface area contributed by atoms with Crippen LogP contribution in [0.4, 0.5) is 10.5 Å². The molecule has 1 aromatic carbocycles. The Hall–Kier alpha value is -1.75. The molecule has 25 heavy (non-hydrogen) atoms. The van der Waals surface area contributed by atoms with E-state index in [0.29, 0.717) is 12.6 Å². The van der Waals surface area contributed by atoms with Crippen molar-refractivity contribution in [3.8, 4) is 0 Å². The summed E-state index contributed by atoms with van der Waals surface area (Å²) in [6, 6.07) is 11.2. The summed E-state index contributed by atoms with van der Waals surface area (Å²) in [5.74, 6) is 0. The number of para-hydroxylation sites is 1. The van der Waals surface area contributed by atoms with Gasteiger partial charge in [0.15, 0.2) is 0 Å². The summed E-state index contributed by atoms with van der Waals surface area (Å²) in [5.41, 5.74) is 0.872. The van der Waals surface area contributed by atoms with Crippen LogP contribution in [0.25, 0.3) is 0 Å². The Bertz CT molecular complexity index is 527. The first-order valence-corrected chi connectivity index (χ1v) is 9.32. The smallest absolute Gasteiger partial charge is 0.407 e. The number of alkyl carbamates (subject to hydrolysis) is 1. The Morgan fingerprint density at radius 3 is 2.72 bits per heavy atom. The highest BCUT2D eigenvalue weighted by Crippen LogP contribution is 2.21. The van der Waals surface area contributed by atoms with E-state index in [1.54, 1.807) is 0 Å². The minimum atomic E-state index is -0.441. The van der Waals surface area contributed by atoms with E-state index in [1.165, 1.54) is 18.5 Å². The van der Waals surface area contributed by atoms with E-state index in [9.17, 15) is 4.79 Å². The van der Waals surface area contributed by atoms with Gasteiger partial charge in [0.2, 0.25) is 0 Å². The van der Waals surface area contributed by atoms with Crippen LogP contribution in [-0.4, -0.2) is 55.9 Å². The van der Waals surface area contributed by atoms with Gasteiger partial charge in [0.25, 0.3) is 0 Å². The van der Waals surface area contributed by atoms with E-state index >= 15 is 0 Å². The fourth-order valence-corrected chi connectivity index (χ4v) is 3.20. The van der Waals surface area contributed by atoms with Crippen molar-refractivity contribution in [1.82, 2.24) is 10.2 Å². The molecule has 1 aliphatic heterocycles. The molecule has 1 aliphatic rings. The summed E-state index contributed by atoms with van der Waals surface area (Å²) in [7, 11) is 2.19. The Morgan fingerprint density at radius 2 is 2.04 bits per heavy atom. The molecule has 1 aromatic rings. The molecule has 1 N–H and O–H groups in total. The zero-order valence-corrected chi connectivity index (χ0v) is 16.1. The summed E-state index contributed by atoms with van der Waals surface area (Å²) >= 11 is 0. The molecule has 1 atom stereocenters. The van der Waals surface area contributed by atoms with E-state index < -0.39 is 5.60 Å². The molecule has 1 fully saturated rings. The number of hydrogen-bond donors (Lipinski definition) is 1. The molecule has 140 valence electrons. The van der Waals surface area contributed by atoms with Crippen LogP contribution in [0.3, 0.4) is 0 Å². The van der Waals surface area contributed by atoms with Gasteiger partial charge in [-0.1, -0.05) is 18.2 Å². The first kappa shape index (κ1) is 19.6. The zero-order valence-electron chi connectivity index (χ0n) is 16.1. The first-order chi connectivity index (χ1) is 11.8. The molecule has 0 aromatic heterocycles. The van der Waals surface area contributed by atoms with Crippen molar-refractivity contribution in [2.24, 2.45) is 0 Å². The molecule has 1 saturated heterocycles. The monoisotopic (exact) mass is 347 g/mol. The van der Waals surface area contributed by atoms with Crippen LogP contribution in [0.1, 0.15) is 40.0 Å². The molecule has 5 nitrogen and oxygen atoms in total. The second kappa shape index (κ2) is 9.09. The molecule has 0 aliphatic carbocycles. The molecule has 0 radical (unpaired) electrons. The maximum atomic E-state index is 11.7. The van der Waals surface area contributed by atoms with E-state index in [1.807, 2.05) is 20.8 Å². The summed E-state index contributed by atoms with van der Waals surface area (Å²) in [6.07, 6.45) is 3.06. The number of likely N-dealkylation sites (N-methyl/N-ethyl adjacent to an activating group) is 1. The number of hydrogen-bond acceptors (Lipinski definition) is 4. The highest BCUT2D eigenvalue weighted by molar-refractivity contribution is 5.67. The van der Waals surface area contributed by atoms with Gasteiger partial charge in [-0.2, -0.15) is 0 Å². The average molecular weight is 348 g/mol. The minimum Gasteiger partial charge on any atom is -0.444 e. The first-order valence-electron chi connectivity index (χ1n) is 9.32. The van der Waals surface area contributed by atoms with Crippen LogP contribution < -0.4 is 10.2 Å². The standard InChI is InChI=1S/C20H33N3O2/c1-20(2,3)25-19(24)21-13-9-14-22(4)18-12-8-15-23(16-18)17-10-6-5-7-11-17/h5-7,10-11,18H,8-9,12-16H2,1-4H3,(H,21,24)/t18-/m0/s1. The Kier molecular flexibility index (Phi) is 7.12. The average Bonchev–Trinajstić information content (AvgIpc) is 2.58. The third-order valence-electron chi connectivity index (χ3n) is 4.50. The number of carbonyl (C=O) groups excluding carboxylic acids is 1. The third kappa shape index (κ3) is 6.94. The number of carbonyl (C=O) groups is 1. The number of nitrogens with zero attached hydrogens (tertiary/aromatic N) is 2. The van der Waals surface area contributed by atoms with E-state index in [-0.39, 0.29) is 6.09 Å². The molecular weight excluding hydrogens is 314 g/mol. The molecule has 0 spiro atoms. The molecule has 1 heterocycles. The van der Waals surface area contributed by atoms with Crippen LogP contribution in [0.5, 0.6) is 0 Å². The van der Waals surface area contributed by atoms with Crippen molar-refractivity contribution in [2.45, 2.75) is 51.7 Å². The van der Waals surface area contributed by atoms with Crippen molar-refractivity contribution in [2.75, 3.05) is 38.1 Å². The highest BCUT2D eigenvalue weighted by atomic mass is 16.6. The topological polar surface area (TPSA) is 44.8 Å². The summed E-state index contributed by atoms with van der Waals surface area (Å²) in [4.78, 5) is 16.5. The third-order valence-corrected chi connectivity index (χ3v) is 4.50. The fraction of sp³-hybridized carbons (Fsp3) is 0.650. The summed E-state index contributed by atoms with van der Waals surface area (Å²) in [5, 5.41) is 2.83. The van der Waals surface area contributed by atoms with Crippen molar-refractivity contribution >= 4 is 11.8 Å². The molecule has 1 amide bonds. The Morgan fingerprint density at radius 1 is 1.32 bits per heavy atom. The zero-order chi connectivity index (χ0) is 18.3. The summed E-state index contributed by atoms with van der Waals surface area (Å²) in [6.45, 7) is 9.46. The SMILES string of the molecule is CN(CCCNC(=O)OC(C)(C)C)[C@H]1CCCN(c2ccccc2)C1. The van der Waals surface area contributed by atoms with Gasteiger partial charge in [-0.25, -0.2) is 4.79 Å². The lowest BCUT2D eigenvalue weighted by Crippen LogP contribution is -2.47. The van der Waals surface area contributed by atoms with Crippen LogP contribution in [0.2, 0.25) is 0 Å². The fourth-order valence-electron chi connectivity index (χ4n) is 3.20. The molecule has 2 rings (SSSR count). The number of ether oxygens (including phenoxy) is 1. The quantitative estimate of drug-likeness (QED) is 0.800. The molecule has 5 heteroatoms. The predicted molar refractivity (Wildman–Crippen MR) is 103 cm³/mol. The van der Waals surface area contributed by atoms with Crippen molar-refractivity contribution in [3.63, 3.8) is 0 Å². The second-order valence-electron chi connectivity index (χ2n) is 7.84. The van der Waals surface area contributed by atoms with Crippen LogP contribution in [-0.2, 0) is 4.74 Å². The van der Waals surface area contributed by atoms with Gasteiger partial charge in [-0.15, -0.1) is 0 Å². The maximum Gasteiger partial charge on any atom is 0.407 e. The molecule has 0 saturated carbocycles. The minimum absolute atomic E-state index is 0.330. The number of benzene rings is 1. The van der Waals surface area contributed by atoms with Gasteiger partial charge in [-0.05, 0) is 65.8 Å². The normalized spacial score (nSPS) is 18.3. The molecule has 0 bridgehead atoms. The lowest BCUT2D eigenvalue weighted by atomic mass is 10.0. The van der Waals surface area contributed by atoms with Crippen molar-refractivity contribution < 1.29 is 9.53 Å². The largest absolute Gasteiger partial charge is 0.444 e. The number of piperidine rings is 1. The van der Waals surface area contributed by atoms with Crippen molar-refractivity contribution in [1.29, 1.82) is 0 Å². The Labute approximate surface area is 152 Å². The van der Waals surface area contributed by atoms with E-state index in [2.05, 4.69) is 52.5 Å². The predicted octanol–water partition coefficient (Wildman–Crippen LogP) is 3.50. The Balaban J connectivity index is 1.70. The van der Waals surface area contributed by atoms with E-state index in [0.717, 1.165) is 26.1 Å². The number of rotatable bonds is 6. The molecule has 0 unspecified atom stereocenters. The van der Waals surface area contributed by atoms with E-state index in [4.69, 9.17) is 4.74 Å². The second-order valence-corrected chi connectivity index (χ2v) is 7.84. The van der Waals surface area contributed by atoms with Crippen LogP contribution >= 0.6 is 0 Å². The van der Waals surface area contributed by atoms with Crippen molar-refractivity contribution in [3.05, 3.63) is 30.3 Å². The number of anilines is 1. The highest BCUT2D eigenvalue weighted by Gasteiger charge is 2.23. The van der Waals surface area contributed by atoms with Gasteiger partial charge < -0.3 is 19.9 Å². The lowest BCUT2D eigenvalue weighted by molar-refractivity contribution is 0.0525. The number of nitrogens with one attached hydrogen (secondary N) is 1. The lowest BCUT2D eigenvalue weighted by Gasteiger charge is -2.39. The maximum absolute atomic E-state index is 11.7. The van der Waals surface area contributed by atoms with Gasteiger partial charge in [0.05, 0.1) is 0 Å². The van der Waals surface area contributed by atoms with Gasteiger partial charge >= 0.3 is 6.09 Å². The van der Waals surface area contributed by atoms with Crippen LogP contribution in [0, 0.1) is 0 Å². The molecular formula is C20H33N3O2. The van der Waals surface area contributed by atoms with Gasteiger partial charge in [-0.3, -0.25) is 0 Å². The van der Waals surface area contributed by atoms with Crippen LogP contribution in [0.15, 0.2) is 30.3 Å². The van der Waals surface area contributed by atoms with Gasteiger partial charge in [0, 0.05) is 31.4 Å².